The fourth-order valence-corrected chi connectivity index (χ4v) is 1.51. The molecule has 0 aliphatic heterocycles. The highest BCUT2D eigenvalue weighted by atomic mass is 35.5. The third-order valence-corrected chi connectivity index (χ3v) is 2.44. The highest BCUT2D eigenvalue weighted by Crippen LogP contribution is 2.41. The first-order chi connectivity index (χ1) is 7.47. The van der Waals surface area contributed by atoms with Gasteiger partial charge in [0.25, 0.3) is 0 Å². The molecule has 3 N–H and O–H groups in total. The van der Waals surface area contributed by atoms with Crippen LogP contribution in [0, 0.1) is 5.92 Å². The van der Waals surface area contributed by atoms with E-state index in [2.05, 4.69) is 15.3 Å². The predicted molar refractivity (Wildman–Crippen MR) is 59.9 cm³/mol. The van der Waals surface area contributed by atoms with Crippen LogP contribution in [-0.2, 0) is 0 Å². The first-order valence-electron chi connectivity index (χ1n) is 4.87. The number of hydrogen-bond donors (Lipinski definition) is 2. The van der Waals surface area contributed by atoms with Gasteiger partial charge < -0.3 is 11.1 Å². The highest BCUT2D eigenvalue weighted by Gasteiger charge is 2.49. The largest absolute Gasteiger partial charge is 0.408 e. The molecule has 1 aromatic rings. The average molecular weight is 269 g/mol. The molecule has 1 aromatic heterocycles. The topological polar surface area (TPSA) is 63.8 Å². The normalized spacial score (nSPS) is 17.1. The number of rotatable bonds is 3. The van der Waals surface area contributed by atoms with Crippen LogP contribution in [0.5, 0.6) is 0 Å². The molecule has 96 valence electrons. The van der Waals surface area contributed by atoms with E-state index in [0.717, 1.165) is 6.33 Å². The van der Waals surface area contributed by atoms with Crippen molar-refractivity contribution in [3.05, 3.63) is 12.4 Å². The summed E-state index contributed by atoms with van der Waals surface area (Å²) in [6.45, 7) is 0. The van der Waals surface area contributed by atoms with E-state index in [9.17, 15) is 13.2 Å². The quantitative estimate of drug-likeness (QED) is 0.882. The zero-order valence-corrected chi connectivity index (χ0v) is 9.55. The van der Waals surface area contributed by atoms with E-state index in [1.165, 1.54) is 6.07 Å². The first-order valence-corrected chi connectivity index (χ1v) is 4.87. The van der Waals surface area contributed by atoms with Gasteiger partial charge in [-0.25, -0.2) is 9.97 Å². The summed E-state index contributed by atoms with van der Waals surface area (Å²) in [5.41, 5.74) is 5.36. The van der Waals surface area contributed by atoms with Crippen LogP contribution in [0.4, 0.5) is 24.8 Å². The zero-order chi connectivity index (χ0) is 11.8. The van der Waals surface area contributed by atoms with Crippen LogP contribution < -0.4 is 11.1 Å². The first kappa shape index (κ1) is 13.8. The van der Waals surface area contributed by atoms with Crippen molar-refractivity contribution >= 4 is 24.0 Å². The molecule has 0 bridgehead atoms. The Morgan fingerprint density at radius 2 is 2.00 bits per heavy atom. The number of nitrogens with one attached hydrogen (secondary N) is 1. The number of nitrogens with two attached hydrogens (primary N) is 1. The summed E-state index contributed by atoms with van der Waals surface area (Å²) in [6.07, 6.45) is -1.94. The minimum Gasteiger partial charge on any atom is -0.384 e. The van der Waals surface area contributed by atoms with Gasteiger partial charge in [-0.15, -0.1) is 12.4 Å². The molecule has 17 heavy (non-hydrogen) atoms. The average Bonchev–Trinajstić information content (AvgIpc) is 2.95. The Labute approximate surface area is 102 Å². The standard InChI is InChI=1S/C9H11F3N4.ClH/c10-9(11,12)8(5-1-2-5)16-7-3-6(13)14-4-15-7;/h3-5,8H,1-2H2,(H3,13,14,15,16);1H. The van der Waals surface area contributed by atoms with Crippen molar-refractivity contribution < 1.29 is 13.2 Å². The number of nitrogens with zero attached hydrogens (tertiary/aromatic N) is 2. The Morgan fingerprint density at radius 1 is 1.35 bits per heavy atom. The molecule has 1 atom stereocenters. The second kappa shape index (κ2) is 4.95. The lowest BCUT2D eigenvalue weighted by Gasteiger charge is -2.21. The molecule has 1 fully saturated rings. The number of hydrogen-bond acceptors (Lipinski definition) is 4. The van der Waals surface area contributed by atoms with Crippen molar-refractivity contribution in [2.24, 2.45) is 5.92 Å². The van der Waals surface area contributed by atoms with Crippen molar-refractivity contribution in [3.8, 4) is 0 Å². The number of halogens is 4. The molecular formula is C9H12ClF3N4. The maximum absolute atomic E-state index is 12.7. The molecule has 0 radical (unpaired) electrons. The van der Waals surface area contributed by atoms with Gasteiger partial charge in [0.15, 0.2) is 0 Å². The molecule has 1 unspecified atom stereocenters. The van der Waals surface area contributed by atoms with Crippen LogP contribution in [0.2, 0.25) is 0 Å². The van der Waals surface area contributed by atoms with E-state index in [1.807, 2.05) is 0 Å². The lowest BCUT2D eigenvalue weighted by molar-refractivity contribution is -0.146. The summed E-state index contributed by atoms with van der Waals surface area (Å²) >= 11 is 0. The number of nitrogen functional groups attached to an aromatic ring is 1. The Kier molecular flexibility index (Phi) is 4.03. The van der Waals surface area contributed by atoms with Crippen LogP contribution >= 0.6 is 12.4 Å². The fourth-order valence-electron chi connectivity index (χ4n) is 1.51. The number of alkyl halides is 3. The molecule has 0 amide bonds. The minimum absolute atomic E-state index is 0. The van der Waals surface area contributed by atoms with Gasteiger partial charge in [-0.1, -0.05) is 0 Å². The van der Waals surface area contributed by atoms with Crippen molar-refractivity contribution in [2.45, 2.75) is 25.1 Å². The van der Waals surface area contributed by atoms with Crippen LogP contribution in [0.3, 0.4) is 0 Å². The molecule has 0 saturated heterocycles. The molecule has 1 saturated carbocycles. The van der Waals surface area contributed by atoms with Crippen LogP contribution in [0.1, 0.15) is 12.8 Å². The molecular weight excluding hydrogens is 257 g/mol. The second-order valence-electron chi connectivity index (χ2n) is 3.83. The maximum atomic E-state index is 12.7. The smallest absolute Gasteiger partial charge is 0.384 e. The predicted octanol–water partition coefficient (Wildman–Crippen LogP) is 2.23. The molecule has 1 aliphatic rings. The van der Waals surface area contributed by atoms with Gasteiger partial charge in [0.1, 0.15) is 24.0 Å². The lowest BCUT2D eigenvalue weighted by Crippen LogP contribution is -2.38. The monoisotopic (exact) mass is 268 g/mol. The van der Waals surface area contributed by atoms with E-state index in [0.29, 0.717) is 12.8 Å². The summed E-state index contributed by atoms with van der Waals surface area (Å²) in [4.78, 5) is 7.32. The Hall–Kier alpha value is -1.24. The van der Waals surface area contributed by atoms with Crippen LogP contribution in [-0.4, -0.2) is 22.2 Å². The Bertz CT molecular complexity index is 381. The summed E-state index contributed by atoms with van der Waals surface area (Å²) in [7, 11) is 0. The van der Waals surface area contributed by atoms with E-state index >= 15 is 0 Å². The fraction of sp³-hybridized carbons (Fsp3) is 0.556. The SMILES string of the molecule is Cl.Nc1cc(NC(C2CC2)C(F)(F)F)ncn1. The molecule has 1 heterocycles. The van der Waals surface area contributed by atoms with Gasteiger partial charge in [-0.05, 0) is 18.8 Å². The van der Waals surface area contributed by atoms with Crippen molar-refractivity contribution in [3.63, 3.8) is 0 Å². The van der Waals surface area contributed by atoms with Gasteiger partial charge >= 0.3 is 6.18 Å². The highest BCUT2D eigenvalue weighted by molar-refractivity contribution is 5.85. The molecule has 0 spiro atoms. The lowest BCUT2D eigenvalue weighted by atomic mass is 10.2. The molecule has 8 heteroatoms. The van der Waals surface area contributed by atoms with Crippen LogP contribution in [0.15, 0.2) is 12.4 Å². The third kappa shape index (κ3) is 3.62. The summed E-state index contributed by atoms with van der Waals surface area (Å²) in [6, 6.07) is -0.247. The van der Waals surface area contributed by atoms with Crippen molar-refractivity contribution in [1.29, 1.82) is 0 Å². The van der Waals surface area contributed by atoms with E-state index < -0.39 is 12.2 Å². The molecule has 4 nitrogen and oxygen atoms in total. The number of aromatic nitrogens is 2. The number of anilines is 2. The van der Waals surface area contributed by atoms with Gasteiger partial charge in [0.05, 0.1) is 0 Å². The molecule has 1 aliphatic carbocycles. The minimum atomic E-state index is -4.26. The summed E-state index contributed by atoms with van der Waals surface area (Å²) < 4.78 is 38.0. The van der Waals surface area contributed by atoms with E-state index in [-0.39, 0.29) is 30.0 Å². The zero-order valence-electron chi connectivity index (χ0n) is 8.74. The molecule has 2 rings (SSSR count). The van der Waals surface area contributed by atoms with Crippen LogP contribution in [0.25, 0.3) is 0 Å². The Morgan fingerprint density at radius 3 is 2.47 bits per heavy atom. The third-order valence-electron chi connectivity index (χ3n) is 2.44. The van der Waals surface area contributed by atoms with E-state index in [4.69, 9.17) is 5.73 Å². The van der Waals surface area contributed by atoms with Gasteiger partial charge in [0.2, 0.25) is 0 Å². The van der Waals surface area contributed by atoms with Crippen molar-refractivity contribution in [1.82, 2.24) is 9.97 Å². The van der Waals surface area contributed by atoms with E-state index in [1.54, 1.807) is 0 Å². The summed E-state index contributed by atoms with van der Waals surface area (Å²) in [5.74, 6) is -0.0906. The second-order valence-corrected chi connectivity index (χ2v) is 3.83. The summed E-state index contributed by atoms with van der Waals surface area (Å²) in [5, 5.41) is 2.37. The van der Waals surface area contributed by atoms with Gasteiger partial charge in [0, 0.05) is 6.07 Å². The molecule has 0 aromatic carbocycles. The van der Waals surface area contributed by atoms with Gasteiger partial charge in [-0.2, -0.15) is 13.2 Å². The van der Waals surface area contributed by atoms with Gasteiger partial charge in [-0.3, -0.25) is 0 Å². The maximum Gasteiger partial charge on any atom is 0.408 e. The van der Waals surface area contributed by atoms with Crippen molar-refractivity contribution in [2.75, 3.05) is 11.1 Å². The Balaban J connectivity index is 0.00000144.